The lowest BCUT2D eigenvalue weighted by Gasteiger charge is -2.07. The largest absolute Gasteiger partial charge is 0.465 e. The molecule has 0 saturated heterocycles. The van der Waals surface area contributed by atoms with Crippen LogP contribution >= 0.6 is 0 Å². The molecule has 0 radical (unpaired) electrons. The van der Waals surface area contributed by atoms with Gasteiger partial charge in [-0.1, -0.05) is 0 Å². The summed E-state index contributed by atoms with van der Waals surface area (Å²) in [5, 5.41) is 10.9. The Balaban J connectivity index is 3.50. The number of hydrogen-bond acceptors (Lipinski definition) is 6. The molecule has 0 saturated carbocycles. The molecule has 0 spiro atoms. The number of carbonyl (C=O) groups excluding carboxylic acids is 2. The van der Waals surface area contributed by atoms with Gasteiger partial charge in [-0.2, -0.15) is 0 Å². The van der Waals surface area contributed by atoms with Crippen LogP contribution in [0.3, 0.4) is 0 Å². The SMILES string of the molecule is COC(=O)c1cc(C)c(C(=O)OC)c([N+](=O)[O-])c1. The molecule has 1 aromatic rings. The van der Waals surface area contributed by atoms with Gasteiger partial charge in [0.15, 0.2) is 0 Å². The number of esters is 2. The molecule has 0 aliphatic rings. The molecule has 0 fully saturated rings. The second-order valence-electron chi connectivity index (χ2n) is 3.43. The first-order valence-corrected chi connectivity index (χ1v) is 4.88. The Hall–Kier alpha value is -2.44. The van der Waals surface area contributed by atoms with Gasteiger partial charge in [0, 0.05) is 6.07 Å². The molecule has 0 heterocycles. The maximum Gasteiger partial charge on any atom is 0.345 e. The van der Waals surface area contributed by atoms with Crippen LogP contribution in [0, 0.1) is 17.0 Å². The van der Waals surface area contributed by atoms with E-state index in [1.54, 1.807) is 0 Å². The first-order chi connectivity index (χ1) is 8.42. The van der Waals surface area contributed by atoms with Crippen molar-refractivity contribution in [3.8, 4) is 0 Å². The van der Waals surface area contributed by atoms with Crippen molar-refractivity contribution in [1.29, 1.82) is 0 Å². The van der Waals surface area contributed by atoms with E-state index in [0.717, 1.165) is 20.3 Å². The van der Waals surface area contributed by atoms with Crippen LogP contribution in [0.4, 0.5) is 5.69 Å². The third-order valence-electron chi connectivity index (χ3n) is 2.32. The van der Waals surface area contributed by atoms with Gasteiger partial charge in [-0.05, 0) is 18.6 Å². The predicted octanol–water partition coefficient (Wildman–Crippen LogP) is 1.48. The zero-order valence-electron chi connectivity index (χ0n) is 10.1. The van der Waals surface area contributed by atoms with Gasteiger partial charge in [-0.25, -0.2) is 9.59 Å². The normalized spacial score (nSPS) is 9.72. The van der Waals surface area contributed by atoms with Crippen LogP contribution in [-0.2, 0) is 9.47 Å². The third-order valence-corrected chi connectivity index (χ3v) is 2.32. The van der Waals surface area contributed by atoms with Gasteiger partial charge in [0.05, 0.1) is 24.7 Å². The number of aryl methyl sites for hydroxylation is 1. The van der Waals surface area contributed by atoms with Crippen molar-refractivity contribution in [3.63, 3.8) is 0 Å². The Morgan fingerprint density at radius 2 is 1.72 bits per heavy atom. The minimum Gasteiger partial charge on any atom is -0.465 e. The van der Waals surface area contributed by atoms with E-state index in [4.69, 9.17) is 0 Å². The quantitative estimate of drug-likeness (QED) is 0.460. The number of nitro groups is 1. The summed E-state index contributed by atoms with van der Waals surface area (Å²) in [5.41, 5.74) is -0.372. The minimum atomic E-state index is -0.824. The number of ether oxygens (including phenoxy) is 2. The summed E-state index contributed by atoms with van der Waals surface area (Å²) in [6.45, 7) is 1.48. The van der Waals surface area contributed by atoms with Crippen LogP contribution in [0.15, 0.2) is 12.1 Å². The average molecular weight is 253 g/mol. The van der Waals surface area contributed by atoms with Gasteiger partial charge >= 0.3 is 11.9 Å². The van der Waals surface area contributed by atoms with E-state index in [0.29, 0.717) is 0 Å². The summed E-state index contributed by atoms with van der Waals surface area (Å²) in [5.74, 6) is -1.53. The smallest absolute Gasteiger partial charge is 0.345 e. The highest BCUT2D eigenvalue weighted by Crippen LogP contribution is 2.25. The molecule has 0 amide bonds. The first-order valence-electron chi connectivity index (χ1n) is 4.88. The Labute approximate surface area is 102 Å². The molecule has 96 valence electrons. The number of hydrogen-bond donors (Lipinski definition) is 0. The molecule has 1 aromatic carbocycles. The Morgan fingerprint density at radius 1 is 1.17 bits per heavy atom. The van der Waals surface area contributed by atoms with Crippen LogP contribution in [-0.4, -0.2) is 31.1 Å². The summed E-state index contributed by atoms with van der Waals surface area (Å²) < 4.78 is 8.95. The van der Waals surface area contributed by atoms with Gasteiger partial charge in [0.2, 0.25) is 0 Å². The van der Waals surface area contributed by atoms with Crippen LogP contribution in [0.25, 0.3) is 0 Å². The lowest BCUT2D eigenvalue weighted by Crippen LogP contribution is -2.11. The summed E-state index contributed by atoms with van der Waals surface area (Å²) in [4.78, 5) is 33.0. The number of nitrogens with zero attached hydrogens (tertiary/aromatic N) is 1. The minimum absolute atomic E-state index is 0.00866. The van der Waals surface area contributed by atoms with Gasteiger partial charge in [0.1, 0.15) is 5.56 Å². The fraction of sp³-hybridized carbons (Fsp3) is 0.273. The average Bonchev–Trinajstić information content (AvgIpc) is 2.35. The summed E-state index contributed by atoms with van der Waals surface area (Å²) in [7, 11) is 2.29. The number of carbonyl (C=O) groups is 2. The van der Waals surface area contributed by atoms with Crippen molar-refractivity contribution in [2.75, 3.05) is 14.2 Å². The zero-order valence-corrected chi connectivity index (χ0v) is 10.1. The van der Waals surface area contributed by atoms with Crippen LogP contribution in [0.5, 0.6) is 0 Å². The Bertz CT molecular complexity index is 523. The molecule has 0 aromatic heterocycles. The Kier molecular flexibility index (Phi) is 3.98. The zero-order chi connectivity index (χ0) is 13.9. The van der Waals surface area contributed by atoms with E-state index in [9.17, 15) is 19.7 Å². The lowest BCUT2D eigenvalue weighted by atomic mass is 10.0. The first kappa shape index (κ1) is 13.6. The molecule has 1 rings (SSSR count). The lowest BCUT2D eigenvalue weighted by molar-refractivity contribution is -0.385. The highest BCUT2D eigenvalue weighted by atomic mass is 16.6. The maximum atomic E-state index is 11.5. The topological polar surface area (TPSA) is 95.7 Å². The third kappa shape index (κ3) is 2.45. The number of nitro benzene ring substituents is 1. The van der Waals surface area contributed by atoms with Crippen LogP contribution < -0.4 is 0 Å². The van der Waals surface area contributed by atoms with Crippen LogP contribution in [0.1, 0.15) is 26.3 Å². The van der Waals surface area contributed by atoms with E-state index < -0.39 is 22.5 Å². The molecular weight excluding hydrogens is 242 g/mol. The van der Waals surface area contributed by atoms with E-state index in [1.807, 2.05) is 0 Å². The van der Waals surface area contributed by atoms with Crippen molar-refractivity contribution < 1.29 is 24.0 Å². The van der Waals surface area contributed by atoms with Crippen LogP contribution in [0.2, 0.25) is 0 Å². The number of benzene rings is 1. The van der Waals surface area contributed by atoms with Crippen molar-refractivity contribution >= 4 is 17.6 Å². The van der Waals surface area contributed by atoms with Gasteiger partial charge in [0.25, 0.3) is 5.69 Å². The van der Waals surface area contributed by atoms with Gasteiger partial charge < -0.3 is 9.47 Å². The highest BCUT2D eigenvalue weighted by Gasteiger charge is 2.26. The molecular formula is C11H11NO6. The van der Waals surface area contributed by atoms with E-state index in [2.05, 4.69) is 9.47 Å². The fourth-order valence-corrected chi connectivity index (χ4v) is 1.52. The van der Waals surface area contributed by atoms with E-state index in [-0.39, 0.29) is 16.7 Å². The maximum absolute atomic E-state index is 11.5. The number of rotatable bonds is 3. The molecule has 0 atom stereocenters. The molecule has 0 bridgehead atoms. The van der Waals surface area contributed by atoms with Gasteiger partial charge in [-0.15, -0.1) is 0 Å². The van der Waals surface area contributed by atoms with E-state index in [1.165, 1.54) is 13.0 Å². The molecule has 7 nitrogen and oxygen atoms in total. The second kappa shape index (κ2) is 5.26. The molecule has 7 heteroatoms. The molecule has 0 aliphatic carbocycles. The Morgan fingerprint density at radius 3 is 2.17 bits per heavy atom. The predicted molar refractivity (Wildman–Crippen MR) is 60.5 cm³/mol. The number of methoxy groups -OCH3 is 2. The van der Waals surface area contributed by atoms with Crippen molar-refractivity contribution in [1.82, 2.24) is 0 Å². The highest BCUT2D eigenvalue weighted by molar-refractivity contribution is 5.98. The standard InChI is InChI=1S/C11H11NO6/c1-6-4-7(10(13)17-2)5-8(12(15)16)9(6)11(14)18-3/h4-5H,1-3H3. The summed E-state index contributed by atoms with van der Waals surface area (Å²) in [6, 6.07) is 2.33. The van der Waals surface area contributed by atoms with E-state index >= 15 is 0 Å². The summed E-state index contributed by atoms with van der Waals surface area (Å²) >= 11 is 0. The van der Waals surface area contributed by atoms with Crippen molar-refractivity contribution in [3.05, 3.63) is 38.9 Å². The molecule has 0 aliphatic heterocycles. The summed E-state index contributed by atoms with van der Waals surface area (Å²) in [6.07, 6.45) is 0. The fourth-order valence-electron chi connectivity index (χ4n) is 1.52. The monoisotopic (exact) mass is 253 g/mol. The van der Waals surface area contributed by atoms with Crippen molar-refractivity contribution in [2.45, 2.75) is 6.92 Å². The molecule has 0 unspecified atom stereocenters. The molecule has 18 heavy (non-hydrogen) atoms. The van der Waals surface area contributed by atoms with Crippen molar-refractivity contribution in [2.24, 2.45) is 0 Å². The molecule has 0 N–H and O–H groups in total. The van der Waals surface area contributed by atoms with Gasteiger partial charge in [-0.3, -0.25) is 10.1 Å². The second-order valence-corrected chi connectivity index (χ2v) is 3.43.